The first-order valence-electron chi connectivity index (χ1n) is 11.5. The summed E-state index contributed by atoms with van der Waals surface area (Å²) < 4.78 is 5.99. The number of rotatable bonds is 0. The second-order valence-electron chi connectivity index (χ2n) is 11.4. The Labute approximate surface area is 176 Å². The molecule has 6 heteroatoms. The van der Waals surface area contributed by atoms with E-state index in [1.807, 2.05) is 0 Å². The van der Waals surface area contributed by atoms with Crippen molar-refractivity contribution in [3.63, 3.8) is 0 Å². The number of fused-ring (bicyclic) bond motifs is 7. The largest absolute Gasteiger partial charge is 0.458 e. The maximum Gasteiger partial charge on any atom is 0.306 e. The van der Waals surface area contributed by atoms with E-state index in [2.05, 4.69) is 19.9 Å². The van der Waals surface area contributed by atoms with Crippen LogP contribution in [0.4, 0.5) is 0 Å². The summed E-state index contributed by atoms with van der Waals surface area (Å²) in [6, 6.07) is 2.55. The van der Waals surface area contributed by atoms with Crippen LogP contribution in [0.2, 0.25) is 0 Å². The van der Waals surface area contributed by atoms with E-state index in [0.717, 1.165) is 19.3 Å². The van der Waals surface area contributed by atoms with Crippen LogP contribution in [0, 0.1) is 51.2 Å². The van der Waals surface area contributed by atoms with Crippen molar-refractivity contribution >= 4 is 11.8 Å². The Hall–Kier alpha value is -1.87. The summed E-state index contributed by atoms with van der Waals surface area (Å²) in [4.78, 5) is 25.0. The quantitative estimate of drug-likeness (QED) is 0.594. The molecule has 1 heterocycles. The fourth-order valence-electron chi connectivity index (χ4n) is 9.56. The fourth-order valence-corrected chi connectivity index (χ4v) is 9.56. The van der Waals surface area contributed by atoms with Crippen molar-refractivity contribution in [1.29, 1.82) is 5.26 Å². The molecule has 0 aromatic rings. The Morgan fingerprint density at radius 3 is 2.57 bits per heavy atom. The van der Waals surface area contributed by atoms with Crippen molar-refractivity contribution in [2.24, 2.45) is 45.7 Å². The van der Waals surface area contributed by atoms with Gasteiger partial charge in [0.1, 0.15) is 5.60 Å². The van der Waals surface area contributed by atoms with E-state index in [9.17, 15) is 20.0 Å². The molecule has 5 aliphatic carbocycles. The van der Waals surface area contributed by atoms with Crippen LogP contribution < -0.4 is 5.73 Å². The minimum atomic E-state index is -0.872. The van der Waals surface area contributed by atoms with E-state index in [4.69, 9.17) is 10.5 Å². The van der Waals surface area contributed by atoms with E-state index in [0.29, 0.717) is 43.4 Å². The van der Waals surface area contributed by atoms with Gasteiger partial charge in [-0.3, -0.25) is 9.59 Å². The van der Waals surface area contributed by atoms with Gasteiger partial charge in [0.15, 0.2) is 5.78 Å². The summed E-state index contributed by atoms with van der Waals surface area (Å²) in [5.41, 5.74) is 5.72. The number of carbonyl (C=O) groups excluding carboxylic acids is 2. The average Bonchev–Trinajstić information content (AvgIpc) is 3.31. The van der Waals surface area contributed by atoms with Crippen molar-refractivity contribution in [2.45, 2.75) is 76.9 Å². The van der Waals surface area contributed by atoms with Gasteiger partial charge in [0.25, 0.3) is 0 Å². The zero-order valence-electron chi connectivity index (χ0n) is 17.7. The summed E-state index contributed by atoms with van der Waals surface area (Å²) in [5.74, 6) is 0.169. The Morgan fingerprint density at radius 1 is 1.13 bits per heavy atom. The normalized spacial score (nSPS) is 56.0. The van der Waals surface area contributed by atoms with Gasteiger partial charge in [0.05, 0.1) is 17.6 Å². The Bertz CT molecular complexity index is 967. The van der Waals surface area contributed by atoms with E-state index < -0.39 is 22.5 Å². The predicted molar refractivity (Wildman–Crippen MR) is 106 cm³/mol. The van der Waals surface area contributed by atoms with E-state index in [1.165, 1.54) is 0 Å². The topological polar surface area (TPSA) is 113 Å². The smallest absolute Gasteiger partial charge is 0.306 e. The van der Waals surface area contributed by atoms with Crippen LogP contribution in [-0.4, -0.2) is 28.6 Å². The van der Waals surface area contributed by atoms with Crippen molar-refractivity contribution in [2.75, 3.05) is 0 Å². The first kappa shape index (κ1) is 18.9. The number of hydrogen-bond acceptors (Lipinski definition) is 6. The van der Waals surface area contributed by atoms with E-state index >= 15 is 0 Å². The molecule has 6 rings (SSSR count). The summed E-state index contributed by atoms with van der Waals surface area (Å²) >= 11 is 0. The highest BCUT2D eigenvalue weighted by molar-refractivity contribution is 6.00. The Balaban J connectivity index is 1.53. The van der Waals surface area contributed by atoms with Gasteiger partial charge >= 0.3 is 5.97 Å². The number of Topliss-reactive ketones (excluding diaryl/α,β-unsaturated/α-hetero) is 1. The number of aliphatic hydroxyl groups is 1. The molecule has 6 aliphatic rings. The first-order chi connectivity index (χ1) is 14.1. The molecule has 1 saturated heterocycles. The number of nitriles is 1. The molecule has 0 aromatic carbocycles. The zero-order chi connectivity index (χ0) is 21.3. The highest BCUT2D eigenvalue weighted by Crippen LogP contribution is 2.76. The molecule has 0 amide bonds. The lowest BCUT2D eigenvalue weighted by molar-refractivity contribution is -0.209. The summed E-state index contributed by atoms with van der Waals surface area (Å²) in [5, 5.41) is 22.0. The highest BCUT2D eigenvalue weighted by atomic mass is 16.6. The van der Waals surface area contributed by atoms with Gasteiger partial charge in [0.2, 0.25) is 0 Å². The van der Waals surface area contributed by atoms with Gasteiger partial charge in [-0.15, -0.1) is 0 Å². The second kappa shape index (κ2) is 5.30. The molecule has 9 atom stereocenters. The van der Waals surface area contributed by atoms with Crippen molar-refractivity contribution < 1.29 is 19.4 Å². The molecule has 4 saturated carbocycles. The zero-order valence-corrected chi connectivity index (χ0v) is 17.7. The van der Waals surface area contributed by atoms with Gasteiger partial charge in [0, 0.05) is 35.4 Å². The molecule has 6 nitrogen and oxygen atoms in total. The van der Waals surface area contributed by atoms with E-state index in [-0.39, 0.29) is 40.8 Å². The van der Waals surface area contributed by atoms with Gasteiger partial charge in [-0.2, -0.15) is 5.26 Å². The van der Waals surface area contributed by atoms with Crippen LogP contribution in [0.15, 0.2) is 11.3 Å². The number of hydrogen-bond donors (Lipinski definition) is 2. The third-order valence-electron chi connectivity index (χ3n) is 10.8. The lowest BCUT2D eigenvalue weighted by Gasteiger charge is -2.64. The summed E-state index contributed by atoms with van der Waals surface area (Å²) in [6.07, 6.45) is 4.57. The summed E-state index contributed by atoms with van der Waals surface area (Å²) in [6.45, 7) is 4.33. The molecule has 6 unspecified atom stereocenters. The lowest BCUT2D eigenvalue weighted by atomic mass is 9.39. The maximum absolute atomic E-state index is 12.9. The minimum Gasteiger partial charge on any atom is -0.458 e. The SMILES string of the molecule is CC12CC(O)C3C(C1CC[C@@]21CCC(=O)O1)[C@H]1C[C@]2(C#N)C(=C1N)C(=O)CCC32C. The number of esters is 1. The number of nitrogens with zero attached hydrogens (tertiary/aromatic N) is 1. The van der Waals surface area contributed by atoms with Gasteiger partial charge in [-0.25, -0.2) is 0 Å². The number of nitrogens with two attached hydrogens (primary N) is 1. The monoisotopic (exact) mass is 410 g/mol. The summed E-state index contributed by atoms with van der Waals surface area (Å²) in [7, 11) is 0. The highest BCUT2D eigenvalue weighted by Gasteiger charge is 2.76. The number of allylic oxidation sites excluding steroid dienone is 2. The maximum atomic E-state index is 12.9. The number of carbonyl (C=O) groups is 2. The standard InChI is InChI=1S/C24H30N2O4/c1-21-6-4-14(27)19-20(26)12(9-23(19,21)11-25)17-13-3-7-24(8-5-16(29)30-24)22(13,2)10-15(28)18(17)21/h12-13,15,17-18,28H,3-10,26H2,1-2H3/t12-,13?,15?,17?,18?,21?,22?,23+,24-/m1/s1. The van der Waals surface area contributed by atoms with E-state index in [1.54, 1.807) is 0 Å². The van der Waals surface area contributed by atoms with Crippen LogP contribution in [0.1, 0.15) is 65.2 Å². The van der Waals surface area contributed by atoms with Crippen LogP contribution in [0.3, 0.4) is 0 Å². The minimum absolute atomic E-state index is 0.0255. The third-order valence-corrected chi connectivity index (χ3v) is 10.8. The van der Waals surface area contributed by atoms with Crippen LogP contribution in [0.25, 0.3) is 0 Å². The first-order valence-corrected chi connectivity index (χ1v) is 11.5. The van der Waals surface area contributed by atoms with Crippen molar-refractivity contribution in [3.05, 3.63) is 11.3 Å². The molecule has 1 spiro atoms. The lowest BCUT2D eigenvalue weighted by Crippen LogP contribution is -2.64. The molecule has 30 heavy (non-hydrogen) atoms. The predicted octanol–water partition coefficient (Wildman–Crippen LogP) is 2.60. The van der Waals surface area contributed by atoms with Gasteiger partial charge < -0.3 is 15.6 Å². The van der Waals surface area contributed by atoms with Crippen LogP contribution in [-0.2, 0) is 14.3 Å². The molecule has 2 bridgehead atoms. The van der Waals surface area contributed by atoms with Crippen LogP contribution >= 0.6 is 0 Å². The Morgan fingerprint density at radius 2 is 1.90 bits per heavy atom. The van der Waals surface area contributed by atoms with Crippen molar-refractivity contribution in [1.82, 2.24) is 0 Å². The van der Waals surface area contributed by atoms with Crippen LogP contribution in [0.5, 0.6) is 0 Å². The number of ether oxygens (including phenoxy) is 1. The second-order valence-corrected chi connectivity index (χ2v) is 11.4. The molecule has 0 aromatic heterocycles. The molecule has 1 aliphatic heterocycles. The fraction of sp³-hybridized carbons (Fsp3) is 0.792. The number of ketones is 1. The number of aliphatic hydroxyl groups excluding tert-OH is 1. The van der Waals surface area contributed by atoms with Gasteiger partial charge in [-0.1, -0.05) is 13.8 Å². The molecular formula is C24H30N2O4. The molecule has 3 N–H and O–H groups in total. The Kier molecular flexibility index (Phi) is 3.33. The van der Waals surface area contributed by atoms with Crippen molar-refractivity contribution in [3.8, 4) is 6.07 Å². The van der Waals surface area contributed by atoms with Gasteiger partial charge in [-0.05, 0) is 61.7 Å². The molecular weight excluding hydrogens is 380 g/mol. The molecule has 5 fully saturated rings. The average molecular weight is 411 g/mol. The molecule has 160 valence electrons. The third kappa shape index (κ3) is 1.71. The molecule has 0 radical (unpaired) electrons.